The summed E-state index contributed by atoms with van der Waals surface area (Å²) in [7, 11) is 2.93. The van der Waals surface area contributed by atoms with Crippen LogP contribution < -0.4 is 19.5 Å². The minimum Gasteiger partial charge on any atom is -0.493 e. The summed E-state index contributed by atoms with van der Waals surface area (Å²) in [5.41, 5.74) is 0.267. The van der Waals surface area contributed by atoms with Crippen LogP contribution in [0, 0.1) is 11.3 Å². The van der Waals surface area contributed by atoms with Crippen molar-refractivity contribution in [3.63, 3.8) is 0 Å². The molecule has 2 aromatic carbocycles. The molecule has 0 bridgehead atoms. The van der Waals surface area contributed by atoms with Gasteiger partial charge in [0, 0.05) is 17.3 Å². The van der Waals surface area contributed by atoms with Gasteiger partial charge in [-0.2, -0.15) is 14.0 Å². The van der Waals surface area contributed by atoms with Crippen LogP contribution in [-0.2, 0) is 4.79 Å². The second-order valence-corrected chi connectivity index (χ2v) is 5.11. The normalized spacial score (nSPS) is 10.9. The van der Waals surface area contributed by atoms with E-state index >= 15 is 0 Å². The number of hydrogen-bond acceptors (Lipinski definition) is 5. The molecule has 0 radical (unpaired) electrons. The van der Waals surface area contributed by atoms with Crippen molar-refractivity contribution in [3.05, 3.63) is 53.6 Å². The third-order valence-corrected chi connectivity index (χ3v) is 3.44. The second kappa shape index (κ2) is 9.20. The van der Waals surface area contributed by atoms with E-state index in [1.54, 1.807) is 24.3 Å². The van der Waals surface area contributed by atoms with Gasteiger partial charge in [0.1, 0.15) is 17.4 Å². The van der Waals surface area contributed by atoms with Crippen LogP contribution in [0.4, 0.5) is 14.5 Å². The number of benzene rings is 2. The first-order chi connectivity index (χ1) is 13.0. The Morgan fingerprint density at radius 3 is 2.44 bits per heavy atom. The molecule has 2 rings (SSSR count). The largest absolute Gasteiger partial charge is 0.493 e. The number of halogens is 2. The van der Waals surface area contributed by atoms with Crippen molar-refractivity contribution in [1.29, 1.82) is 5.26 Å². The highest BCUT2D eigenvalue weighted by atomic mass is 19.3. The summed E-state index contributed by atoms with van der Waals surface area (Å²) in [6, 6.07) is 12.3. The first kappa shape index (κ1) is 19.7. The van der Waals surface area contributed by atoms with Gasteiger partial charge in [-0.15, -0.1) is 0 Å². The molecule has 0 saturated heterocycles. The molecule has 1 amide bonds. The molecule has 0 aromatic heterocycles. The number of nitrogens with zero attached hydrogens (tertiary/aromatic N) is 1. The molecule has 0 aliphatic rings. The van der Waals surface area contributed by atoms with E-state index in [1.807, 2.05) is 0 Å². The van der Waals surface area contributed by atoms with Gasteiger partial charge in [0.15, 0.2) is 11.5 Å². The smallest absolute Gasteiger partial charge is 0.387 e. The summed E-state index contributed by atoms with van der Waals surface area (Å²) in [6.45, 7) is -3.02. The monoisotopic (exact) mass is 374 g/mol. The third kappa shape index (κ3) is 5.19. The number of hydrogen-bond donors (Lipinski definition) is 1. The van der Waals surface area contributed by atoms with Gasteiger partial charge in [-0.05, 0) is 24.3 Å². The number of amides is 1. The zero-order chi connectivity index (χ0) is 19.8. The summed E-state index contributed by atoms with van der Waals surface area (Å²) in [6.07, 6.45) is 1.17. The van der Waals surface area contributed by atoms with E-state index < -0.39 is 12.5 Å². The fourth-order valence-corrected chi connectivity index (χ4v) is 2.22. The van der Waals surface area contributed by atoms with Crippen LogP contribution >= 0.6 is 0 Å². The van der Waals surface area contributed by atoms with Crippen molar-refractivity contribution in [2.75, 3.05) is 19.5 Å². The predicted octanol–water partition coefficient (Wildman–Crippen LogP) is 3.85. The number of anilines is 1. The highest BCUT2D eigenvalue weighted by molar-refractivity contribution is 6.09. The molecule has 140 valence electrons. The standard InChI is InChI=1S/C19H16F2N2O4/c1-25-16-8-7-14(10-17(16)26-2)23-18(24)13(11-22)9-12-5-3-4-6-15(12)27-19(20)21/h3-10,19H,1-2H3,(H,23,24)/b13-9+. The number of para-hydroxylation sites is 1. The average Bonchev–Trinajstić information content (AvgIpc) is 2.66. The minimum atomic E-state index is -3.02. The van der Waals surface area contributed by atoms with E-state index in [4.69, 9.17) is 9.47 Å². The van der Waals surface area contributed by atoms with Crippen molar-refractivity contribution in [2.45, 2.75) is 6.61 Å². The highest BCUT2D eigenvalue weighted by Crippen LogP contribution is 2.30. The van der Waals surface area contributed by atoms with Gasteiger partial charge >= 0.3 is 6.61 Å². The van der Waals surface area contributed by atoms with Gasteiger partial charge in [-0.3, -0.25) is 4.79 Å². The number of rotatable bonds is 7. The lowest BCUT2D eigenvalue weighted by Gasteiger charge is -2.11. The van der Waals surface area contributed by atoms with Gasteiger partial charge < -0.3 is 19.5 Å². The summed E-state index contributed by atoms with van der Waals surface area (Å²) in [5.74, 6) is 0.0221. The number of carbonyl (C=O) groups is 1. The van der Waals surface area contributed by atoms with Crippen LogP contribution in [0.1, 0.15) is 5.56 Å². The van der Waals surface area contributed by atoms with Crippen LogP contribution in [0.15, 0.2) is 48.0 Å². The van der Waals surface area contributed by atoms with Crippen molar-refractivity contribution >= 4 is 17.7 Å². The van der Waals surface area contributed by atoms with Crippen molar-refractivity contribution < 1.29 is 27.8 Å². The Kier molecular flexibility index (Phi) is 6.72. The summed E-state index contributed by atoms with van der Waals surface area (Å²) >= 11 is 0. The first-order valence-corrected chi connectivity index (χ1v) is 7.67. The number of carbonyl (C=O) groups excluding carboxylic acids is 1. The molecule has 6 nitrogen and oxygen atoms in total. The molecule has 0 unspecified atom stereocenters. The minimum absolute atomic E-state index is 0.140. The Bertz CT molecular complexity index is 892. The lowest BCUT2D eigenvalue weighted by Crippen LogP contribution is -2.13. The number of methoxy groups -OCH3 is 2. The van der Waals surface area contributed by atoms with Crippen LogP contribution in [0.5, 0.6) is 17.2 Å². The average molecular weight is 374 g/mol. The lowest BCUT2D eigenvalue weighted by molar-refractivity contribution is -0.112. The zero-order valence-corrected chi connectivity index (χ0v) is 14.5. The quantitative estimate of drug-likeness (QED) is 0.588. The summed E-state index contributed by atoms with van der Waals surface area (Å²) in [5, 5.41) is 11.8. The van der Waals surface area contributed by atoms with Crippen LogP contribution in [0.3, 0.4) is 0 Å². The molecule has 27 heavy (non-hydrogen) atoms. The number of ether oxygens (including phenoxy) is 3. The SMILES string of the molecule is COc1ccc(NC(=O)/C(C#N)=C/c2ccccc2OC(F)F)cc1OC. The molecule has 1 N–H and O–H groups in total. The molecule has 0 aliphatic heterocycles. The Morgan fingerprint density at radius 2 is 1.81 bits per heavy atom. The lowest BCUT2D eigenvalue weighted by atomic mass is 10.1. The number of alkyl halides is 2. The van der Waals surface area contributed by atoms with Crippen LogP contribution in [0.2, 0.25) is 0 Å². The Labute approximate surface area is 154 Å². The molecular weight excluding hydrogens is 358 g/mol. The molecule has 0 saturated carbocycles. The van der Waals surface area contributed by atoms with Gasteiger partial charge in [-0.1, -0.05) is 18.2 Å². The second-order valence-electron chi connectivity index (χ2n) is 5.11. The molecule has 0 atom stereocenters. The topological polar surface area (TPSA) is 80.6 Å². The van der Waals surface area contributed by atoms with Gasteiger partial charge in [-0.25, -0.2) is 0 Å². The van der Waals surface area contributed by atoms with Gasteiger partial charge in [0.05, 0.1) is 14.2 Å². The third-order valence-electron chi connectivity index (χ3n) is 3.44. The Hall–Kier alpha value is -3.60. The van der Waals surface area contributed by atoms with Crippen molar-refractivity contribution in [1.82, 2.24) is 0 Å². The number of nitriles is 1. The van der Waals surface area contributed by atoms with Gasteiger partial charge in [0.2, 0.25) is 0 Å². The predicted molar refractivity (Wildman–Crippen MR) is 94.8 cm³/mol. The highest BCUT2D eigenvalue weighted by Gasteiger charge is 2.14. The maximum absolute atomic E-state index is 12.5. The van der Waals surface area contributed by atoms with Gasteiger partial charge in [0.25, 0.3) is 5.91 Å². The van der Waals surface area contributed by atoms with Crippen LogP contribution in [0.25, 0.3) is 6.08 Å². The number of nitrogens with one attached hydrogen (secondary N) is 1. The Morgan fingerprint density at radius 1 is 1.11 bits per heavy atom. The van der Waals surface area contributed by atoms with E-state index in [-0.39, 0.29) is 16.9 Å². The zero-order valence-electron chi connectivity index (χ0n) is 14.5. The molecule has 0 spiro atoms. The van der Waals surface area contributed by atoms with Crippen LogP contribution in [-0.4, -0.2) is 26.7 Å². The molecular formula is C19H16F2N2O4. The van der Waals surface area contributed by atoms with Crippen molar-refractivity contribution in [3.8, 4) is 23.3 Å². The van der Waals surface area contributed by atoms with E-state index in [0.29, 0.717) is 17.2 Å². The van der Waals surface area contributed by atoms with E-state index in [9.17, 15) is 18.8 Å². The Balaban J connectivity index is 2.27. The fourth-order valence-electron chi connectivity index (χ4n) is 2.22. The molecule has 2 aromatic rings. The molecule has 0 aliphatic carbocycles. The maximum Gasteiger partial charge on any atom is 0.387 e. The first-order valence-electron chi connectivity index (χ1n) is 7.67. The van der Waals surface area contributed by atoms with E-state index in [2.05, 4.69) is 10.1 Å². The molecule has 0 fully saturated rings. The molecule has 8 heteroatoms. The van der Waals surface area contributed by atoms with Crippen molar-refractivity contribution in [2.24, 2.45) is 0 Å². The van der Waals surface area contributed by atoms with E-state index in [0.717, 1.165) is 0 Å². The maximum atomic E-state index is 12.5. The summed E-state index contributed by atoms with van der Waals surface area (Å²) in [4.78, 5) is 12.4. The summed E-state index contributed by atoms with van der Waals surface area (Å²) < 4.78 is 39.6. The van der Waals surface area contributed by atoms with E-state index in [1.165, 1.54) is 44.6 Å². The fraction of sp³-hybridized carbons (Fsp3) is 0.158. The molecule has 0 heterocycles.